The molecule has 0 aromatic carbocycles. The maximum Gasteiger partial charge on any atom is 0.323 e. The van der Waals surface area contributed by atoms with Crippen molar-refractivity contribution in [3.8, 4) is 0 Å². The molecule has 0 unspecified atom stereocenters. The molecule has 28 heavy (non-hydrogen) atoms. The van der Waals surface area contributed by atoms with E-state index in [9.17, 15) is 14.4 Å². The molecule has 158 valence electrons. The summed E-state index contributed by atoms with van der Waals surface area (Å²) in [6, 6.07) is 0. The fourth-order valence-electron chi connectivity index (χ4n) is 3.90. The van der Waals surface area contributed by atoms with Crippen LogP contribution in [0.5, 0.6) is 0 Å². The Bertz CT molecular complexity index is 588. The van der Waals surface area contributed by atoms with Gasteiger partial charge in [-0.15, -0.1) is 0 Å². The molecular weight excluding hydrogens is 360 g/mol. The molecule has 0 N–H and O–H groups in total. The number of esters is 3. The molecule has 0 bridgehead atoms. The van der Waals surface area contributed by atoms with Gasteiger partial charge in [0.05, 0.1) is 20.3 Å². The van der Waals surface area contributed by atoms with Crippen molar-refractivity contribution in [1.82, 2.24) is 0 Å². The lowest BCUT2D eigenvalue weighted by atomic mass is 9.82. The minimum Gasteiger partial charge on any atom is -0.469 e. The third-order valence-corrected chi connectivity index (χ3v) is 5.47. The number of methoxy groups -OCH3 is 1. The van der Waals surface area contributed by atoms with Crippen LogP contribution >= 0.6 is 0 Å². The first-order valence-electron chi connectivity index (χ1n) is 10.0. The van der Waals surface area contributed by atoms with E-state index in [1.165, 1.54) is 7.11 Å². The van der Waals surface area contributed by atoms with E-state index >= 15 is 0 Å². The number of carbonyl (C=O) groups excluding carboxylic acids is 3. The molecule has 1 fully saturated rings. The van der Waals surface area contributed by atoms with Crippen molar-refractivity contribution < 1.29 is 28.6 Å². The molecular formula is C22H34O6. The molecule has 0 amide bonds. The van der Waals surface area contributed by atoms with Gasteiger partial charge >= 0.3 is 17.9 Å². The monoisotopic (exact) mass is 394 g/mol. The number of hydrogen-bond acceptors (Lipinski definition) is 6. The topological polar surface area (TPSA) is 78.9 Å². The summed E-state index contributed by atoms with van der Waals surface area (Å²) in [6.45, 7) is 14.1. The molecule has 0 spiro atoms. The Balaban J connectivity index is 3.25. The van der Waals surface area contributed by atoms with E-state index in [1.807, 2.05) is 0 Å². The van der Waals surface area contributed by atoms with E-state index in [0.29, 0.717) is 0 Å². The Morgan fingerprint density at radius 2 is 1.57 bits per heavy atom. The summed E-state index contributed by atoms with van der Waals surface area (Å²) in [5.74, 6) is -2.09. The van der Waals surface area contributed by atoms with Crippen LogP contribution in [0.2, 0.25) is 0 Å². The minimum atomic E-state index is -1.43. The van der Waals surface area contributed by atoms with Crippen molar-refractivity contribution in [1.29, 1.82) is 0 Å². The Kier molecular flexibility index (Phi) is 9.42. The van der Waals surface area contributed by atoms with Crippen LogP contribution in [0.4, 0.5) is 0 Å². The summed E-state index contributed by atoms with van der Waals surface area (Å²) in [5, 5.41) is 0. The Morgan fingerprint density at radius 3 is 2.04 bits per heavy atom. The molecule has 1 aliphatic rings. The second kappa shape index (κ2) is 11.0. The fourth-order valence-corrected chi connectivity index (χ4v) is 3.90. The molecule has 1 rings (SSSR count). The molecule has 0 aliphatic heterocycles. The fraction of sp³-hybridized carbons (Fsp3) is 0.682. The van der Waals surface area contributed by atoms with Gasteiger partial charge in [-0.1, -0.05) is 32.1 Å². The Morgan fingerprint density at radius 1 is 1.00 bits per heavy atom. The van der Waals surface area contributed by atoms with Crippen LogP contribution in [0.15, 0.2) is 24.3 Å². The highest BCUT2D eigenvalue weighted by Crippen LogP contribution is 2.52. The average molecular weight is 395 g/mol. The van der Waals surface area contributed by atoms with Crippen LogP contribution in [-0.2, 0) is 28.6 Å². The summed E-state index contributed by atoms with van der Waals surface area (Å²) in [4.78, 5) is 37.6. The van der Waals surface area contributed by atoms with Gasteiger partial charge in [0.25, 0.3) is 0 Å². The SMILES string of the molecule is C=C(CCCC)C(=C)[C@@H]1CC(C(=O)OCC)(C(=O)OCC)C[C@@H]1CC(=O)OC. The van der Waals surface area contributed by atoms with Crippen LogP contribution in [0, 0.1) is 17.3 Å². The second-order valence-electron chi connectivity index (χ2n) is 7.31. The highest BCUT2D eigenvalue weighted by molar-refractivity contribution is 6.00. The third-order valence-electron chi connectivity index (χ3n) is 5.47. The van der Waals surface area contributed by atoms with E-state index in [4.69, 9.17) is 14.2 Å². The van der Waals surface area contributed by atoms with E-state index in [2.05, 4.69) is 20.1 Å². The molecule has 6 heteroatoms. The Labute approximate surface area is 168 Å². The van der Waals surface area contributed by atoms with Crippen molar-refractivity contribution in [2.75, 3.05) is 20.3 Å². The summed E-state index contributed by atoms with van der Waals surface area (Å²) in [6.07, 6.45) is 3.27. The zero-order valence-electron chi connectivity index (χ0n) is 17.7. The molecule has 1 saturated carbocycles. The zero-order chi connectivity index (χ0) is 21.3. The molecule has 0 heterocycles. The lowest BCUT2D eigenvalue weighted by Gasteiger charge is -2.25. The smallest absolute Gasteiger partial charge is 0.323 e. The van der Waals surface area contributed by atoms with Crippen molar-refractivity contribution in [2.45, 2.75) is 59.3 Å². The minimum absolute atomic E-state index is 0.0990. The lowest BCUT2D eigenvalue weighted by Crippen LogP contribution is -2.40. The van der Waals surface area contributed by atoms with Gasteiger partial charge in [0.2, 0.25) is 0 Å². The number of hydrogen-bond donors (Lipinski definition) is 0. The number of carbonyl (C=O) groups is 3. The van der Waals surface area contributed by atoms with Gasteiger partial charge in [0.1, 0.15) is 0 Å². The molecule has 1 aliphatic carbocycles. The molecule has 6 nitrogen and oxygen atoms in total. The molecule has 2 atom stereocenters. The maximum atomic E-state index is 12.8. The highest BCUT2D eigenvalue weighted by atomic mass is 16.6. The Hall–Kier alpha value is -2.11. The zero-order valence-corrected chi connectivity index (χ0v) is 17.7. The molecule has 0 aromatic rings. The second-order valence-corrected chi connectivity index (χ2v) is 7.31. The maximum absolute atomic E-state index is 12.8. The van der Waals surface area contributed by atoms with Crippen molar-refractivity contribution in [3.05, 3.63) is 24.3 Å². The highest BCUT2D eigenvalue weighted by Gasteiger charge is 2.58. The van der Waals surface area contributed by atoms with E-state index in [0.717, 1.165) is 30.4 Å². The first kappa shape index (κ1) is 23.9. The normalized spacial score (nSPS) is 20.3. The number of rotatable bonds is 11. The average Bonchev–Trinajstić information content (AvgIpc) is 3.06. The van der Waals surface area contributed by atoms with Crippen LogP contribution in [0.3, 0.4) is 0 Å². The van der Waals surface area contributed by atoms with Crippen molar-refractivity contribution >= 4 is 17.9 Å². The van der Waals surface area contributed by atoms with Crippen LogP contribution in [0.25, 0.3) is 0 Å². The van der Waals surface area contributed by atoms with Gasteiger partial charge in [-0.25, -0.2) is 0 Å². The lowest BCUT2D eigenvalue weighted by molar-refractivity contribution is -0.172. The standard InChI is InChI=1S/C22H34O6/c1-7-10-11-15(4)16(5)18-14-22(20(24)27-8-2,21(25)28-9-3)13-17(18)12-19(23)26-6/h17-18H,4-5,7-14H2,1-3,6H3/t17-,18-/m0/s1. The third kappa shape index (κ3) is 5.46. The first-order chi connectivity index (χ1) is 13.3. The molecule has 0 saturated heterocycles. The van der Waals surface area contributed by atoms with E-state index in [1.54, 1.807) is 13.8 Å². The summed E-state index contributed by atoms with van der Waals surface area (Å²) in [5.41, 5.74) is 0.256. The first-order valence-corrected chi connectivity index (χ1v) is 10.0. The summed E-state index contributed by atoms with van der Waals surface area (Å²) < 4.78 is 15.3. The van der Waals surface area contributed by atoms with Gasteiger partial charge < -0.3 is 14.2 Å². The van der Waals surface area contributed by atoms with Gasteiger partial charge in [-0.3, -0.25) is 14.4 Å². The van der Waals surface area contributed by atoms with Gasteiger partial charge in [-0.05, 0) is 56.9 Å². The van der Waals surface area contributed by atoms with Crippen LogP contribution in [0.1, 0.15) is 59.3 Å². The number of unbranched alkanes of at least 4 members (excludes halogenated alkanes) is 1. The van der Waals surface area contributed by atoms with Crippen molar-refractivity contribution in [3.63, 3.8) is 0 Å². The van der Waals surface area contributed by atoms with E-state index < -0.39 is 17.4 Å². The van der Waals surface area contributed by atoms with Gasteiger partial charge in [0.15, 0.2) is 5.41 Å². The predicted octanol–water partition coefficient (Wildman–Crippen LogP) is 3.99. The predicted molar refractivity (Wildman–Crippen MR) is 106 cm³/mol. The van der Waals surface area contributed by atoms with Crippen LogP contribution < -0.4 is 0 Å². The largest absolute Gasteiger partial charge is 0.469 e. The summed E-state index contributed by atoms with van der Waals surface area (Å²) >= 11 is 0. The summed E-state index contributed by atoms with van der Waals surface area (Å²) in [7, 11) is 1.32. The number of ether oxygens (including phenoxy) is 3. The quantitative estimate of drug-likeness (QED) is 0.228. The van der Waals surface area contributed by atoms with Gasteiger partial charge in [-0.2, -0.15) is 0 Å². The van der Waals surface area contributed by atoms with Crippen molar-refractivity contribution in [2.24, 2.45) is 17.3 Å². The van der Waals surface area contributed by atoms with E-state index in [-0.39, 0.29) is 50.3 Å². The molecule has 0 radical (unpaired) electrons. The number of allylic oxidation sites excluding steroid dienone is 2. The molecule has 0 aromatic heterocycles. The van der Waals surface area contributed by atoms with Crippen LogP contribution in [-0.4, -0.2) is 38.2 Å². The van der Waals surface area contributed by atoms with Gasteiger partial charge in [0, 0.05) is 6.42 Å².